The number of aliphatic hydroxyl groups is 1. The number of ether oxygens (including phenoxy) is 1. The van der Waals surface area contributed by atoms with Crippen LogP contribution in [0.1, 0.15) is 37.7 Å². The molecular weight excluding hydrogens is 394 g/mol. The van der Waals surface area contributed by atoms with Gasteiger partial charge in [0.2, 0.25) is 11.8 Å². The molecule has 156 valence electrons. The summed E-state index contributed by atoms with van der Waals surface area (Å²) in [5.41, 5.74) is -0.782. The summed E-state index contributed by atoms with van der Waals surface area (Å²) in [5, 5.41) is 29.6. The van der Waals surface area contributed by atoms with Crippen LogP contribution in [-0.2, 0) is 14.3 Å². The number of carbonyl (C=O) groups excluding carboxylic acids is 2. The van der Waals surface area contributed by atoms with Gasteiger partial charge in [-0.3, -0.25) is 9.59 Å². The number of nitrogens with zero attached hydrogens (tertiary/aromatic N) is 3. The molecule has 3 fully saturated rings. The van der Waals surface area contributed by atoms with Crippen molar-refractivity contribution < 1.29 is 19.4 Å². The number of imide groups is 1. The Balaban J connectivity index is 1.65. The number of amides is 2. The topological polar surface area (TPSA) is 114 Å². The summed E-state index contributed by atoms with van der Waals surface area (Å²) in [5.74, 6) is -1.98. The number of anilines is 1. The molecule has 2 amide bonds. The minimum atomic E-state index is -0.876. The molecule has 0 radical (unpaired) electrons. The molecule has 3 aliphatic heterocycles. The fourth-order valence-electron chi connectivity index (χ4n) is 6.03. The van der Waals surface area contributed by atoms with Gasteiger partial charge in [-0.05, 0) is 31.4 Å². The largest absolute Gasteiger partial charge is 0.396 e. The van der Waals surface area contributed by atoms with Gasteiger partial charge in [-0.25, -0.2) is 4.90 Å². The highest BCUT2D eigenvalue weighted by molar-refractivity contribution is 6.26. The Morgan fingerprint density at radius 3 is 2.26 bits per heavy atom. The summed E-state index contributed by atoms with van der Waals surface area (Å²) in [4.78, 5) is 28.7. The van der Waals surface area contributed by atoms with E-state index >= 15 is 0 Å². The second kappa shape index (κ2) is 6.88. The lowest BCUT2D eigenvalue weighted by atomic mass is 9.65. The van der Waals surface area contributed by atoms with Gasteiger partial charge in [-0.1, -0.05) is 24.3 Å². The van der Waals surface area contributed by atoms with E-state index in [9.17, 15) is 20.0 Å². The van der Waals surface area contributed by atoms with E-state index in [4.69, 9.17) is 10.00 Å². The van der Waals surface area contributed by atoms with E-state index in [1.54, 1.807) is 24.3 Å². The molecule has 0 aliphatic carbocycles. The van der Waals surface area contributed by atoms with Crippen LogP contribution in [0, 0.1) is 34.5 Å². The summed E-state index contributed by atoms with van der Waals surface area (Å²) in [7, 11) is 0. The number of benzene rings is 2. The third-order valence-electron chi connectivity index (χ3n) is 7.28. The molecule has 4 atom stereocenters. The molecule has 1 N–H and O–H groups in total. The van der Waals surface area contributed by atoms with E-state index < -0.39 is 23.0 Å². The monoisotopic (exact) mass is 415 g/mol. The Hall–Kier alpha value is -3.26. The molecular formula is C24H21N3O4. The van der Waals surface area contributed by atoms with E-state index in [1.165, 1.54) is 4.90 Å². The molecule has 7 nitrogen and oxygen atoms in total. The standard InChI is InChI=1S/C24H21N3O4/c25-12-3-8-23-9-10-24(31-23,11-13-28)20-19(23)21(29)27(22(20)30)18-7-6-15(14-26)16-4-1-2-5-17(16)18/h1-2,4-7,19-20,28H,3,8-11,13H2/t19-,20+,23?,24?/m1/s1. The number of hydrogen-bond donors (Lipinski definition) is 1. The van der Waals surface area contributed by atoms with Crippen LogP contribution in [0.4, 0.5) is 5.69 Å². The maximum absolute atomic E-state index is 13.7. The lowest BCUT2D eigenvalue weighted by Gasteiger charge is -2.31. The van der Waals surface area contributed by atoms with E-state index in [1.807, 2.05) is 12.1 Å². The van der Waals surface area contributed by atoms with Gasteiger partial charge >= 0.3 is 0 Å². The van der Waals surface area contributed by atoms with E-state index in [0.717, 1.165) is 0 Å². The zero-order valence-corrected chi connectivity index (χ0v) is 16.9. The van der Waals surface area contributed by atoms with Crippen molar-refractivity contribution in [2.75, 3.05) is 11.5 Å². The Labute approximate surface area is 179 Å². The molecule has 7 heteroatoms. The predicted molar refractivity (Wildman–Crippen MR) is 110 cm³/mol. The molecule has 3 heterocycles. The van der Waals surface area contributed by atoms with Crippen LogP contribution in [0.2, 0.25) is 0 Å². The van der Waals surface area contributed by atoms with Crippen LogP contribution >= 0.6 is 0 Å². The number of carbonyl (C=O) groups is 2. The third-order valence-corrected chi connectivity index (χ3v) is 7.28. The van der Waals surface area contributed by atoms with Gasteiger partial charge in [0.15, 0.2) is 0 Å². The zero-order valence-electron chi connectivity index (χ0n) is 16.9. The number of rotatable bonds is 5. The fraction of sp³-hybridized carbons (Fsp3) is 0.417. The Bertz CT molecular complexity index is 1200. The smallest absolute Gasteiger partial charge is 0.240 e. The summed E-state index contributed by atoms with van der Waals surface area (Å²) in [6.45, 7) is -0.140. The Morgan fingerprint density at radius 1 is 1.00 bits per heavy atom. The normalized spacial score (nSPS) is 31.1. The average molecular weight is 415 g/mol. The van der Waals surface area contributed by atoms with E-state index in [2.05, 4.69) is 12.1 Å². The van der Waals surface area contributed by atoms with E-state index in [-0.39, 0.29) is 31.3 Å². The van der Waals surface area contributed by atoms with Crippen LogP contribution in [0.3, 0.4) is 0 Å². The maximum Gasteiger partial charge on any atom is 0.240 e. The maximum atomic E-state index is 13.7. The molecule has 0 aromatic heterocycles. The highest BCUT2D eigenvalue weighted by Gasteiger charge is 2.74. The van der Waals surface area contributed by atoms with Crippen molar-refractivity contribution in [1.29, 1.82) is 10.5 Å². The van der Waals surface area contributed by atoms with Gasteiger partial charge in [0.25, 0.3) is 0 Å². The molecule has 5 rings (SSSR count). The number of aliphatic hydroxyl groups excluding tert-OH is 1. The second-order valence-electron chi connectivity index (χ2n) is 8.62. The van der Waals surface area contributed by atoms with Crippen molar-refractivity contribution in [3.63, 3.8) is 0 Å². The van der Waals surface area contributed by atoms with Gasteiger partial charge in [0, 0.05) is 30.2 Å². The van der Waals surface area contributed by atoms with Crippen LogP contribution < -0.4 is 4.90 Å². The molecule has 2 bridgehead atoms. The molecule has 2 unspecified atom stereocenters. The van der Waals surface area contributed by atoms with Crippen molar-refractivity contribution in [1.82, 2.24) is 0 Å². The second-order valence-corrected chi connectivity index (χ2v) is 8.62. The first-order valence-corrected chi connectivity index (χ1v) is 10.5. The quantitative estimate of drug-likeness (QED) is 0.751. The first-order chi connectivity index (χ1) is 15.0. The van der Waals surface area contributed by atoms with Gasteiger partial charge in [-0.15, -0.1) is 0 Å². The molecule has 2 aromatic carbocycles. The molecule has 3 aliphatic rings. The van der Waals surface area contributed by atoms with Crippen LogP contribution in [0.25, 0.3) is 10.8 Å². The predicted octanol–water partition coefficient (Wildman–Crippen LogP) is 2.80. The fourth-order valence-corrected chi connectivity index (χ4v) is 6.03. The van der Waals surface area contributed by atoms with Crippen molar-refractivity contribution >= 4 is 28.3 Å². The van der Waals surface area contributed by atoms with Crippen molar-refractivity contribution in [2.45, 2.75) is 43.3 Å². The van der Waals surface area contributed by atoms with E-state index in [0.29, 0.717) is 41.3 Å². The van der Waals surface area contributed by atoms with Gasteiger partial charge in [0.05, 0.1) is 46.4 Å². The van der Waals surface area contributed by atoms with Crippen LogP contribution in [0.5, 0.6) is 0 Å². The zero-order chi connectivity index (χ0) is 21.8. The molecule has 0 saturated carbocycles. The SMILES string of the molecule is N#CCCC12CCC(CCO)(O1)[C@@H]1C(=O)N(c3ccc(C#N)c4ccccc34)C(=O)[C@@H]12. The number of fused-ring (bicyclic) bond motifs is 6. The minimum absolute atomic E-state index is 0.140. The Kier molecular flexibility index (Phi) is 4.37. The molecule has 3 saturated heterocycles. The van der Waals surface area contributed by atoms with Crippen LogP contribution in [0.15, 0.2) is 36.4 Å². The number of nitriles is 2. The lowest BCUT2D eigenvalue weighted by Crippen LogP contribution is -2.43. The minimum Gasteiger partial charge on any atom is -0.396 e. The molecule has 31 heavy (non-hydrogen) atoms. The highest BCUT2D eigenvalue weighted by Crippen LogP contribution is 2.64. The molecule has 0 spiro atoms. The highest BCUT2D eigenvalue weighted by atomic mass is 16.5. The summed E-state index contributed by atoms with van der Waals surface area (Å²) >= 11 is 0. The number of hydrogen-bond acceptors (Lipinski definition) is 6. The summed E-state index contributed by atoms with van der Waals surface area (Å²) < 4.78 is 6.38. The summed E-state index contributed by atoms with van der Waals surface area (Å²) in [6.07, 6.45) is 2.08. The van der Waals surface area contributed by atoms with Crippen molar-refractivity contribution in [3.8, 4) is 12.1 Å². The lowest BCUT2D eigenvalue weighted by molar-refractivity contribution is -0.132. The average Bonchev–Trinajstić information content (AvgIpc) is 3.38. The third kappa shape index (κ3) is 2.51. The van der Waals surface area contributed by atoms with Gasteiger partial charge < -0.3 is 9.84 Å². The Morgan fingerprint density at radius 2 is 1.65 bits per heavy atom. The van der Waals surface area contributed by atoms with Crippen molar-refractivity contribution in [3.05, 3.63) is 42.0 Å². The summed E-state index contributed by atoms with van der Waals surface area (Å²) in [6, 6.07) is 14.8. The van der Waals surface area contributed by atoms with Gasteiger partial charge in [-0.2, -0.15) is 10.5 Å². The molecule has 2 aromatic rings. The van der Waals surface area contributed by atoms with Crippen molar-refractivity contribution in [2.24, 2.45) is 11.8 Å². The van der Waals surface area contributed by atoms with Gasteiger partial charge in [0.1, 0.15) is 0 Å². The first kappa shape index (κ1) is 19.7. The first-order valence-electron chi connectivity index (χ1n) is 10.5. The van der Waals surface area contributed by atoms with Crippen LogP contribution in [-0.4, -0.2) is 34.7 Å².